The van der Waals surface area contributed by atoms with E-state index in [9.17, 15) is 4.79 Å². The lowest BCUT2D eigenvalue weighted by Gasteiger charge is -2.17. The van der Waals surface area contributed by atoms with Gasteiger partial charge in [0.2, 0.25) is 0 Å². The van der Waals surface area contributed by atoms with Crippen LogP contribution in [0.2, 0.25) is 0 Å². The Hall–Kier alpha value is -2.33. The number of urea groups is 1. The molecule has 1 N–H and O–H groups in total. The third-order valence-electron chi connectivity index (χ3n) is 3.17. The monoisotopic (exact) mass is 282 g/mol. The number of hydrogen-bond donors (Lipinski definition) is 1. The number of nitrogens with zero attached hydrogens (tertiary/aromatic N) is 1. The first kappa shape index (κ1) is 12.7. The lowest BCUT2D eigenvalue weighted by molar-refractivity contribution is 0.258. The number of hydrogen-bond acceptors (Lipinski definition) is 2. The smallest absolute Gasteiger partial charge is 0.306 e. The summed E-state index contributed by atoms with van der Waals surface area (Å²) in [7, 11) is 1.76. The molecule has 0 atom stereocenters. The van der Waals surface area contributed by atoms with Crippen LogP contribution >= 0.6 is 11.3 Å². The third kappa shape index (κ3) is 2.38. The summed E-state index contributed by atoms with van der Waals surface area (Å²) in [6.45, 7) is 0. The minimum atomic E-state index is -0.139. The van der Waals surface area contributed by atoms with Crippen molar-refractivity contribution in [3.63, 3.8) is 0 Å². The van der Waals surface area contributed by atoms with E-state index in [1.54, 1.807) is 23.3 Å². The molecule has 0 saturated heterocycles. The second-order valence-electron chi connectivity index (χ2n) is 4.47. The van der Waals surface area contributed by atoms with Crippen molar-refractivity contribution in [2.45, 2.75) is 0 Å². The largest absolute Gasteiger partial charge is 0.326 e. The van der Waals surface area contributed by atoms with Crippen LogP contribution in [0.5, 0.6) is 0 Å². The molecule has 2 aromatic carbocycles. The molecule has 1 aromatic heterocycles. The number of carbonyl (C=O) groups excluding carboxylic acids is 1. The van der Waals surface area contributed by atoms with E-state index >= 15 is 0 Å². The predicted octanol–water partition coefficient (Wildman–Crippen LogP) is 4.57. The van der Waals surface area contributed by atoms with Gasteiger partial charge >= 0.3 is 6.03 Å². The molecular formula is C16H14N2OS. The molecule has 0 unspecified atom stereocenters. The SMILES string of the molecule is CN(C(=O)Nc1csc2ccccc12)c1ccccc1. The van der Waals surface area contributed by atoms with E-state index in [1.807, 2.05) is 53.9 Å². The van der Waals surface area contributed by atoms with E-state index in [0.29, 0.717) is 0 Å². The fourth-order valence-electron chi connectivity index (χ4n) is 2.04. The molecule has 0 fully saturated rings. The van der Waals surface area contributed by atoms with Gasteiger partial charge in [-0.05, 0) is 18.2 Å². The molecule has 3 rings (SSSR count). The van der Waals surface area contributed by atoms with E-state index < -0.39 is 0 Å². The van der Waals surface area contributed by atoms with Crippen molar-refractivity contribution >= 4 is 38.8 Å². The van der Waals surface area contributed by atoms with E-state index in [-0.39, 0.29) is 6.03 Å². The Balaban J connectivity index is 1.82. The molecule has 2 amide bonds. The van der Waals surface area contributed by atoms with Gasteiger partial charge < -0.3 is 5.32 Å². The lowest BCUT2D eigenvalue weighted by atomic mass is 10.2. The number of benzene rings is 2. The second kappa shape index (κ2) is 5.35. The number of amides is 2. The van der Waals surface area contributed by atoms with Crippen LogP contribution in [-0.2, 0) is 0 Å². The van der Waals surface area contributed by atoms with Crippen molar-refractivity contribution in [3.8, 4) is 0 Å². The maximum atomic E-state index is 12.3. The molecule has 0 aliphatic rings. The summed E-state index contributed by atoms with van der Waals surface area (Å²) in [4.78, 5) is 13.9. The maximum Gasteiger partial charge on any atom is 0.326 e. The van der Waals surface area contributed by atoms with E-state index in [0.717, 1.165) is 16.8 Å². The zero-order chi connectivity index (χ0) is 13.9. The van der Waals surface area contributed by atoms with Gasteiger partial charge in [-0.25, -0.2) is 4.79 Å². The number of thiophene rings is 1. The van der Waals surface area contributed by atoms with Crippen molar-refractivity contribution in [2.24, 2.45) is 0 Å². The first-order valence-corrected chi connectivity index (χ1v) is 7.19. The van der Waals surface area contributed by atoms with E-state index in [1.165, 1.54) is 4.70 Å². The number of anilines is 2. The number of para-hydroxylation sites is 1. The maximum absolute atomic E-state index is 12.3. The molecule has 0 saturated carbocycles. The fourth-order valence-corrected chi connectivity index (χ4v) is 2.94. The Morgan fingerprint density at radius 3 is 2.55 bits per heavy atom. The Morgan fingerprint density at radius 2 is 1.75 bits per heavy atom. The van der Waals surface area contributed by atoms with E-state index in [4.69, 9.17) is 0 Å². The number of nitrogens with one attached hydrogen (secondary N) is 1. The van der Waals surface area contributed by atoms with Crippen LogP contribution in [0, 0.1) is 0 Å². The van der Waals surface area contributed by atoms with Gasteiger partial charge in [0.15, 0.2) is 0 Å². The van der Waals surface area contributed by atoms with Crippen molar-refractivity contribution < 1.29 is 4.79 Å². The van der Waals surface area contributed by atoms with Crippen molar-refractivity contribution in [1.29, 1.82) is 0 Å². The molecule has 0 aliphatic heterocycles. The van der Waals surface area contributed by atoms with Crippen LogP contribution in [0.1, 0.15) is 0 Å². The van der Waals surface area contributed by atoms with Crippen LogP contribution in [0.25, 0.3) is 10.1 Å². The van der Waals surface area contributed by atoms with Gasteiger partial charge in [-0.2, -0.15) is 0 Å². The Morgan fingerprint density at radius 1 is 1.05 bits per heavy atom. The molecule has 3 aromatic rings. The van der Waals surface area contributed by atoms with Gasteiger partial charge in [0, 0.05) is 28.2 Å². The fraction of sp³-hybridized carbons (Fsp3) is 0.0625. The van der Waals surface area contributed by atoms with Gasteiger partial charge in [0.25, 0.3) is 0 Å². The zero-order valence-electron chi connectivity index (χ0n) is 11.0. The predicted molar refractivity (Wildman–Crippen MR) is 85.7 cm³/mol. The van der Waals surface area contributed by atoms with Crippen LogP contribution in [0.4, 0.5) is 16.2 Å². The highest BCUT2D eigenvalue weighted by Crippen LogP contribution is 2.30. The van der Waals surface area contributed by atoms with Crippen molar-refractivity contribution in [2.75, 3.05) is 17.3 Å². The highest BCUT2D eigenvalue weighted by molar-refractivity contribution is 7.17. The minimum absolute atomic E-state index is 0.139. The average Bonchev–Trinajstić information content (AvgIpc) is 2.91. The Labute approximate surface area is 121 Å². The summed E-state index contributed by atoms with van der Waals surface area (Å²) in [5.74, 6) is 0. The molecule has 3 nitrogen and oxygen atoms in total. The molecule has 0 radical (unpaired) electrons. The summed E-state index contributed by atoms with van der Waals surface area (Å²) in [6.07, 6.45) is 0. The van der Waals surface area contributed by atoms with Crippen LogP contribution in [0.3, 0.4) is 0 Å². The molecule has 100 valence electrons. The van der Waals surface area contributed by atoms with Crippen molar-refractivity contribution in [1.82, 2.24) is 0 Å². The number of rotatable bonds is 2. The lowest BCUT2D eigenvalue weighted by Crippen LogP contribution is -2.30. The van der Waals surface area contributed by atoms with Crippen LogP contribution in [0.15, 0.2) is 60.0 Å². The highest BCUT2D eigenvalue weighted by Gasteiger charge is 2.12. The first-order chi connectivity index (χ1) is 9.75. The minimum Gasteiger partial charge on any atom is -0.306 e. The van der Waals surface area contributed by atoms with Crippen molar-refractivity contribution in [3.05, 3.63) is 60.0 Å². The summed E-state index contributed by atoms with van der Waals surface area (Å²) >= 11 is 1.63. The molecule has 0 spiro atoms. The van der Waals surface area contributed by atoms with E-state index in [2.05, 4.69) is 11.4 Å². The molecule has 1 heterocycles. The standard InChI is InChI=1S/C16H14N2OS/c1-18(12-7-3-2-4-8-12)16(19)17-14-11-20-15-10-6-5-9-13(14)15/h2-11H,1H3,(H,17,19). The quantitative estimate of drug-likeness (QED) is 0.733. The van der Waals surface area contributed by atoms with Gasteiger partial charge in [0.1, 0.15) is 0 Å². The molecule has 20 heavy (non-hydrogen) atoms. The second-order valence-corrected chi connectivity index (χ2v) is 5.38. The summed E-state index contributed by atoms with van der Waals surface area (Å²) in [5, 5.41) is 6.01. The van der Waals surface area contributed by atoms with Gasteiger partial charge in [-0.3, -0.25) is 4.90 Å². The Kier molecular flexibility index (Phi) is 3.39. The van der Waals surface area contributed by atoms with Gasteiger partial charge in [-0.15, -0.1) is 11.3 Å². The normalized spacial score (nSPS) is 10.4. The molecule has 0 aliphatic carbocycles. The van der Waals surface area contributed by atoms with Gasteiger partial charge in [0.05, 0.1) is 5.69 Å². The summed E-state index contributed by atoms with van der Waals surface area (Å²) in [6, 6.07) is 17.5. The molecular weight excluding hydrogens is 268 g/mol. The highest BCUT2D eigenvalue weighted by atomic mass is 32.1. The molecule has 4 heteroatoms. The van der Waals surface area contributed by atoms with Gasteiger partial charge in [-0.1, -0.05) is 36.4 Å². The zero-order valence-corrected chi connectivity index (χ0v) is 11.9. The van der Waals surface area contributed by atoms with Crippen LogP contribution < -0.4 is 10.2 Å². The molecule has 0 bridgehead atoms. The summed E-state index contributed by atoms with van der Waals surface area (Å²) in [5.41, 5.74) is 1.72. The Bertz CT molecular complexity index is 736. The third-order valence-corrected chi connectivity index (χ3v) is 4.13. The van der Waals surface area contributed by atoms with Crippen LogP contribution in [-0.4, -0.2) is 13.1 Å². The topological polar surface area (TPSA) is 32.3 Å². The first-order valence-electron chi connectivity index (χ1n) is 6.32. The number of fused-ring (bicyclic) bond motifs is 1. The summed E-state index contributed by atoms with van der Waals surface area (Å²) < 4.78 is 1.17. The number of carbonyl (C=O) groups is 1. The average molecular weight is 282 g/mol.